The molecule has 6 nitrogen and oxygen atoms in total. The molecule has 2 aromatic carbocycles. The van der Waals surface area contributed by atoms with Gasteiger partial charge in [0.15, 0.2) is 0 Å². The largest absolute Gasteiger partial charge is 0.323 e. The third-order valence-corrected chi connectivity index (χ3v) is 6.20. The van der Waals surface area contributed by atoms with Crippen LogP contribution in [0.3, 0.4) is 0 Å². The lowest BCUT2D eigenvalue weighted by atomic mass is 10.0. The average molecular weight is 373 g/mol. The molecule has 0 bridgehead atoms. The van der Waals surface area contributed by atoms with Gasteiger partial charge in [-0.25, -0.2) is 13.2 Å². The smallest absolute Gasteiger partial charge is 0.308 e. The molecule has 0 aliphatic carbocycles. The molecule has 26 heavy (non-hydrogen) atoms. The summed E-state index contributed by atoms with van der Waals surface area (Å²) in [7, 11) is -3.28. The Labute approximate surface area is 154 Å². The Balaban J connectivity index is 1.74. The molecule has 138 valence electrons. The van der Waals surface area contributed by atoms with Crippen molar-refractivity contribution in [2.45, 2.75) is 26.7 Å². The molecule has 0 fully saturated rings. The molecular weight excluding hydrogens is 350 g/mol. The Morgan fingerprint density at radius 2 is 1.73 bits per heavy atom. The summed E-state index contributed by atoms with van der Waals surface area (Å²) < 4.78 is 26.0. The lowest BCUT2D eigenvalue weighted by molar-refractivity contribution is 0.262. The number of nitrogens with one attached hydrogen (secondary N) is 2. The summed E-state index contributed by atoms with van der Waals surface area (Å²) in [6.45, 7) is 4.14. The zero-order valence-corrected chi connectivity index (χ0v) is 15.8. The first-order valence-electron chi connectivity index (χ1n) is 8.67. The molecule has 1 heterocycles. The monoisotopic (exact) mass is 373 g/mol. The van der Waals surface area contributed by atoms with E-state index in [9.17, 15) is 13.2 Å². The van der Waals surface area contributed by atoms with Gasteiger partial charge in [0.1, 0.15) is 0 Å². The molecule has 3 rings (SSSR count). The van der Waals surface area contributed by atoms with Crippen LogP contribution in [0, 0.1) is 6.92 Å². The summed E-state index contributed by atoms with van der Waals surface area (Å²) >= 11 is 0. The highest BCUT2D eigenvalue weighted by Crippen LogP contribution is 2.31. The van der Waals surface area contributed by atoms with E-state index in [2.05, 4.69) is 10.6 Å². The maximum absolute atomic E-state index is 12.3. The van der Waals surface area contributed by atoms with Crippen LogP contribution in [0.1, 0.15) is 24.5 Å². The highest BCUT2D eigenvalue weighted by molar-refractivity contribution is 7.92. The first-order chi connectivity index (χ1) is 12.4. The Bertz CT molecular complexity index is 908. The summed E-state index contributed by atoms with van der Waals surface area (Å²) in [5, 5.41) is 5.59. The van der Waals surface area contributed by atoms with E-state index in [1.807, 2.05) is 37.3 Å². The van der Waals surface area contributed by atoms with Crippen molar-refractivity contribution in [1.29, 1.82) is 0 Å². The van der Waals surface area contributed by atoms with Crippen LogP contribution in [0.4, 0.5) is 21.9 Å². The predicted octanol–water partition coefficient (Wildman–Crippen LogP) is 3.74. The minimum absolute atomic E-state index is 0.0748. The summed E-state index contributed by atoms with van der Waals surface area (Å²) in [5.74, 6) is 0.0748. The average Bonchev–Trinajstić information content (AvgIpc) is 2.63. The normalized spacial score (nSPS) is 13.8. The van der Waals surface area contributed by atoms with Crippen molar-refractivity contribution < 1.29 is 13.2 Å². The molecular formula is C19H23N3O3S. The van der Waals surface area contributed by atoms with E-state index in [1.54, 1.807) is 19.1 Å². The highest BCUT2D eigenvalue weighted by Gasteiger charge is 2.26. The van der Waals surface area contributed by atoms with Crippen LogP contribution in [0.15, 0.2) is 42.5 Å². The van der Waals surface area contributed by atoms with E-state index < -0.39 is 10.0 Å². The van der Waals surface area contributed by atoms with Crippen LogP contribution in [0.5, 0.6) is 0 Å². The third kappa shape index (κ3) is 3.99. The number of hydrogen-bond donors (Lipinski definition) is 2. The number of carbonyl (C=O) groups excluding carboxylic acids is 1. The number of anilines is 3. The molecule has 2 amide bonds. The molecule has 0 aromatic heterocycles. The Hall–Kier alpha value is -2.54. The highest BCUT2D eigenvalue weighted by atomic mass is 32.2. The lowest BCUT2D eigenvalue weighted by Gasteiger charge is -2.30. The molecule has 2 N–H and O–H groups in total. The molecule has 0 radical (unpaired) electrons. The standard InChI is InChI=1S/C19H23N3O3S/c1-3-26(24,25)22-12-4-5-15-13-17(10-11-18(15)22)21-19(23)20-16-8-6-14(2)7-9-16/h6-11,13H,3-5,12H2,1-2H3,(H2,20,21,23). The summed E-state index contributed by atoms with van der Waals surface area (Å²) in [4.78, 5) is 12.2. The minimum atomic E-state index is -3.28. The van der Waals surface area contributed by atoms with E-state index >= 15 is 0 Å². The van der Waals surface area contributed by atoms with Gasteiger partial charge in [0.25, 0.3) is 0 Å². The molecule has 0 atom stereocenters. The molecule has 0 saturated heterocycles. The second-order valence-electron chi connectivity index (χ2n) is 6.36. The predicted molar refractivity (Wildman–Crippen MR) is 105 cm³/mol. The molecule has 1 aliphatic heterocycles. The van der Waals surface area contributed by atoms with E-state index in [0.29, 0.717) is 23.6 Å². The van der Waals surface area contributed by atoms with Crippen LogP contribution >= 0.6 is 0 Å². The van der Waals surface area contributed by atoms with Crippen molar-refractivity contribution in [2.24, 2.45) is 0 Å². The first-order valence-corrected chi connectivity index (χ1v) is 10.3. The van der Waals surface area contributed by atoms with Crippen LogP contribution in [0.2, 0.25) is 0 Å². The quantitative estimate of drug-likeness (QED) is 0.857. The first kappa shape index (κ1) is 18.3. The van der Waals surface area contributed by atoms with Crippen LogP contribution in [-0.2, 0) is 16.4 Å². The molecule has 2 aromatic rings. The van der Waals surface area contributed by atoms with Crippen LogP contribution < -0.4 is 14.9 Å². The maximum Gasteiger partial charge on any atom is 0.323 e. The van der Waals surface area contributed by atoms with Gasteiger partial charge in [-0.2, -0.15) is 0 Å². The van der Waals surface area contributed by atoms with E-state index in [-0.39, 0.29) is 11.8 Å². The summed E-state index contributed by atoms with van der Waals surface area (Å²) in [5.41, 5.74) is 4.12. The Kier molecular flexibility index (Phi) is 5.18. The van der Waals surface area contributed by atoms with Gasteiger partial charge in [0.05, 0.1) is 11.4 Å². The fourth-order valence-electron chi connectivity index (χ4n) is 3.02. The number of hydrogen-bond acceptors (Lipinski definition) is 3. The van der Waals surface area contributed by atoms with Crippen molar-refractivity contribution in [2.75, 3.05) is 27.2 Å². The number of benzene rings is 2. The van der Waals surface area contributed by atoms with Gasteiger partial charge >= 0.3 is 6.03 Å². The summed E-state index contributed by atoms with van der Waals surface area (Å²) in [6.07, 6.45) is 1.56. The van der Waals surface area contributed by atoms with Gasteiger partial charge in [0.2, 0.25) is 10.0 Å². The van der Waals surface area contributed by atoms with E-state index in [1.165, 1.54) is 4.31 Å². The lowest BCUT2D eigenvalue weighted by Crippen LogP contribution is -2.36. The fraction of sp³-hybridized carbons (Fsp3) is 0.316. The van der Waals surface area contributed by atoms with Gasteiger partial charge < -0.3 is 10.6 Å². The molecule has 1 aliphatic rings. The number of rotatable bonds is 4. The molecule has 0 saturated carbocycles. The zero-order valence-electron chi connectivity index (χ0n) is 15.0. The van der Waals surface area contributed by atoms with Gasteiger partial charge in [-0.15, -0.1) is 0 Å². The SMILES string of the molecule is CCS(=O)(=O)N1CCCc2cc(NC(=O)Nc3ccc(C)cc3)ccc21. The molecule has 0 spiro atoms. The maximum atomic E-state index is 12.3. The second kappa shape index (κ2) is 7.37. The van der Waals surface area contributed by atoms with Gasteiger partial charge in [0, 0.05) is 17.9 Å². The number of aryl methyl sites for hydroxylation is 2. The van der Waals surface area contributed by atoms with E-state index in [4.69, 9.17) is 0 Å². The van der Waals surface area contributed by atoms with Crippen molar-refractivity contribution in [3.05, 3.63) is 53.6 Å². The minimum Gasteiger partial charge on any atom is -0.308 e. The van der Waals surface area contributed by atoms with Gasteiger partial charge in [-0.3, -0.25) is 4.31 Å². The van der Waals surface area contributed by atoms with Gasteiger partial charge in [-0.05, 0) is 62.6 Å². The number of sulfonamides is 1. The Morgan fingerprint density at radius 1 is 1.08 bits per heavy atom. The number of carbonyl (C=O) groups is 1. The van der Waals surface area contributed by atoms with Crippen LogP contribution in [0.25, 0.3) is 0 Å². The van der Waals surface area contributed by atoms with Crippen molar-refractivity contribution in [1.82, 2.24) is 0 Å². The second-order valence-corrected chi connectivity index (χ2v) is 8.55. The summed E-state index contributed by atoms with van der Waals surface area (Å²) in [6, 6.07) is 12.6. The van der Waals surface area contributed by atoms with Crippen LogP contribution in [-0.4, -0.2) is 26.7 Å². The van der Waals surface area contributed by atoms with Crippen molar-refractivity contribution in [3.8, 4) is 0 Å². The zero-order chi connectivity index (χ0) is 18.7. The Morgan fingerprint density at radius 3 is 2.42 bits per heavy atom. The number of amides is 2. The van der Waals surface area contributed by atoms with Crippen molar-refractivity contribution >= 4 is 33.1 Å². The number of fused-ring (bicyclic) bond motifs is 1. The fourth-order valence-corrected chi connectivity index (χ4v) is 4.21. The molecule has 7 heteroatoms. The van der Waals surface area contributed by atoms with Gasteiger partial charge in [-0.1, -0.05) is 17.7 Å². The number of nitrogens with zero attached hydrogens (tertiary/aromatic N) is 1. The number of urea groups is 1. The van der Waals surface area contributed by atoms with Crippen molar-refractivity contribution in [3.63, 3.8) is 0 Å². The molecule has 0 unspecified atom stereocenters. The van der Waals surface area contributed by atoms with E-state index in [0.717, 1.165) is 24.0 Å². The topological polar surface area (TPSA) is 78.5 Å². The third-order valence-electron chi connectivity index (χ3n) is 4.42.